The third kappa shape index (κ3) is 3.12. The van der Waals surface area contributed by atoms with Crippen molar-refractivity contribution in [2.24, 2.45) is 0 Å². The van der Waals surface area contributed by atoms with E-state index in [9.17, 15) is 17.6 Å². The number of fused-ring (bicyclic) bond motifs is 1. The van der Waals surface area contributed by atoms with Gasteiger partial charge in [0, 0.05) is 22.9 Å². The zero-order valence-electron chi connectivity index (χ0n) is 15.0. The molecule has 148 valence electrons. The van der Waals surface area contributed by atoms with Gasteiger partial charge >= 0.3 is 0 Å². The summed E-state index contributed by atoms with van der Waals surface area (Å²) in [4.78, 5) is 8.26. The lowest BCUT2D eigenvalue weighted by atomic mass is 10.1. The molecule has 2 heterocycles. The fourth-order valence-corrected chi connectivity index (χ4v) is 2.97. The smallest absolute Gasteiger partial charge is 0.255 e. The number of nitrogens with two attached hydrogens (primary N) is 2. The van der Waals surface area contributed by atoms with Crippen LogP contribution in [0.15, 0.2) is 30.3 Å². The van der Waals surface area contributed by atoms with Gasteiger partial charge in [0.25, 0.3) is 5.95 Å². The van der Waals surface area contributed by atoms with Crippen LogP contribution in [-0.4, -0.2) is 19.7 Å². The van der Waals surface area contributed by atoms with Crippen LogP contribution in [0.4, 0.5) is 29.2 Å². The summed E-state index contributed by atoms with van der Waals surface area (Å²) in [6, 6.07) is 5.27. The molecule has 0 saturated heterocycles. The Labute approximate surface area is 161 Å². The van der Waals surface area contributed by atoms with Gasteiger partial charge in [-0.15, -0.1) is 0 Å². The third-order valence-corrected chi connectivity index (χ3v) is 4.60. The number of anilines is 2. The molecule has 0 bridgehead atoms. The maximum absolute atomic E-state index is 14.1. The third-order valence-electron chi connectivity index (χ3n) is 4.60. The van der Waals surface area contributed by atoms with Gasteiger partial charge in [-0.25, -0.2) is 17.6 Å². The highest BCUT2D eigenvalue weighted by atomic mass is 19.2. The lowest BCUT2D eigenvalue weighted by Crippen LogP contribution is -2.10. The SMILES string of the molecule is Cc1c(N)nc(-n2nc(Cc3c(F)ccc(F)c3F)c3cc(F)ccc32)nc1N. The Bertz CT molecular complexity index is 1240. The van der Waals surface area contributed by atoms with E-state index in [2.05, 4.69) is 15.1 Å². The molecule has 0 spiro atoms. The lowest BCUT2D eigenvalue weighted by Gasteiger charge is -2.07. The summed E-state index contributed by atoms with van der Waals surface area (Å²) in [5.74, 6) is -3.79. The molecule has 0 amide bonds. The standard InChI is InChI=1S/C19H14F4N6/c1-8-17(24)26-19(27-18(8)25)29-15-5-2-9(20)6-11(15)14(28-29)7-10-12(21)3-4-13(22)16(10)23/h2-6H,7H2,1H3,(H4,24,25,26,27). The fraction of sp³-hybridized carbons (Fsp3) is 0.105. The van der Waals surface area contributed by atoms with Gasteiger partial charge in [-0.05, 0) is 37.3 Å². The molecule has 29 heavy (non-hydrogen) atoms. The lowest BCUT2D eigenvalue weighted by molar-refractivity contribution is 0.482. The van der Waals surface area contributed by atoms with Crippen molar-refractivity contribution < 1.29 is 17.6 Å². The van der Waals surface area contributed by atoms with Gasteiger partial charge in [0.05, 0.1) is 11.2 Å². The van der Waals surface area contributed by atoms with E-state index in [0.717, 1.165) is 12.1 Å². The number of halogens is 4. The molecule has 0 aliphatic carbocycles. The van der Waals surface area contributed by atoms with Crippen LogP contribution in [0.1, 0.15) is 16.8 Å². The summed E-state index contributed by atoms with van der Waals surface area (Å²) in [6.07, 6.45) is -0.417. The number of nitrogen functional groups attached to an aromatic ring is 2. The van der Waals surface area contributed by atoms with E-state index in [1.165, 1.54) is 16.8 Å². The van der Waals surface area contributed by atoms with Crippen LogP contribution >= 0.6 is 0 Å². The van der Waals surface area contributed by atoms with Crippen LogP contribution in [0.2, 0.25) is 0 Å². The van der Waals surface area contributed by atoms with Crippen molar-refractivity contribution in [1.29, 1.82) is 0 Å². The fourth-order valence-electron chi connectivity index (χ4n) is 2.97. The second kappa shape index (κ2) is 6.73. The Balaban J connectivity index is 1.93. The molecule has 2 aromatic heterocycles. The van der Waals surface area contributed by atoms with Crippen molar-refractivity contribution >= 4 is 22.5 Å². The minimum Gasteiger partial charge on any atom is -0.383 e. The minimum atomic E-state index is -1.33. The molecule has 0 saturated carbocycles. The van der Waals surface area contributed by atoms with Gasteiger partial charge in [0.1, 0.15) is 23.3 Å². The molecule has 4 aromatic rings. The number of benzene rings is 2. The summed E-state index contributed by atoms with van der Waals surface area (Å²) in [5, 5.41) is 4.54. The van der Waals surface area contributed by atoms with Crippen molar-refractivity contribution in [3.8, 4) is 5.95 Å². The highest BCUT2D eigenvalue weighted by Crippen LogP contribution is 2.27. The molecule has 0 fully saturated rings. The maximum atomic E-state index is 14.1. The topological polar surface area (TPSA) is 95.6 Å². The van der Waals surface area contributed by atoms with Gasteiger partial charge < -0.3 is 11.5 Å². The Morgan fingerprint density at radius 2 is 1.59 bits per heavy atom. The van der Waals surface area contributed by atoms with Crippen molar-refractivity contribution in [3.05, 3.63) is 70.4 Å². The maximum Gasteiger partial charge on any atom is 0.255 e. The first-order chi connectivity index (χ1) is 13.8. The average molecular weight is 402 g/mol. The minimum absolute atomic E-state index is 0.00800. The van der Waals surface area contributed by atoms with Crippen LogP contribution in [0.3, 0.4) is 0 Å². The Hall–Kier alpha value is -3.69. The Morgan fingerprint density at radius 1 is 0.931 bits per heavy atom. The number of rotatable bonds is 3. The Kier molecular flexibility index (Phi) is 4.33. The molecule has 0 radical (unpaired) electrons. The second-order valence-corrected chi connectivity index (χ2v) is 6.44. The first-order valence-electron chi connectivity index (χ1n) is 8.45. The normalized spacial score (nSPS) is 11.3. The molecule has 2 aromatic carbocycles. The van der Waals surface area contributed by atoms with E-state index in [4.69, 9.17) is 11.5 Å². The summed E-state index contributed by atoms with van der Waals surface area (Å²) >= 11 is 0. The van der Waals surface area contributed by atoms with Crippen molar-refractivity contribution in [3.63, 3.8) is 0 Å². The molecule has 0 aliphatic heterocycles. The van der Waals surface area contributed by atoms with E-state index in [1.807, 2.05) is 0 Å². The predicted molar refractivity (Wildman–Crippen MR) is 99.3 cm³/mol. The summed E-state index contributed by atoms with van der Waals surface area (Å²) < 4.78 is 56.9. The largest absolute Gasteiger partial charge is 0.383 e. The van der Waals surface area contributed by atoms with Gasteiger partial charge in [-0.3, -0.25) is 0 Å². The molecular weight excluding hydrogens is 388 g/mol. The highest BCUT2D eigenvalue weighted by molar-refractivity contribution is 5.83. The monoisotopic (exact) mass is 402 g/mol. The van der Waals surface area contributed by atoms with Crippen LogP contribution in [-0.2, 0) is 6.42 Å². The second-order valence-electron chi connectivity index (χ2n) is 6.44. The van der Waals surface area contributed by atoms with Gasteiger partial charge in [-0.2, -0.15) is 19.7 Å². The van der Waals surface area contributed by atoms with Crippen molar-refractivity contribution in [1.82, 2.24) is 19.7 Å². The number of hydrogen-bond acceptors (Lipinski definition) is 5. The first kappa shape index (κ1) is 18.7. The van der Waals surface area contributed by atoms with E-state index < -0.39 is 35.3 Å². The van der Waals surface area contributed by atoms with Crippen LogP contribution < -0.4 is 11.5 Å². The highest BCUT2D eigenvalue weighted by Gasteiger charge is 2.20. The zero-order valence-corrected chi connectivity index (χ0v) is 15.0. The molecule has 0 unspecified atom stereocenters. The average Bonchev–Trinajstić information content (AvgIpc) is 3.03. The molecular formula is C19H14F4N6. The molecule has 6 nitrogen and oxygen atoms in total. The number of nitrogens with zero attached hydrogens (tertiary/aromatic N) is 4. The van der Waals surface area contributed by atoms with Crippen molar-refractivity contribution in [2.45, 2.75) is 13.3 Å². The molecule has 0 aliphatic rings. The molecule has 4 rings (SSSR count). The number of hydrogen-bond donors (Lipinski definition) is 2. The molecule has 4 N–H and O–H groups in total. The summed E-state index contributed by atoms with van der Waals surface area (Å²) in [6.45, 7) is 1.64. The Morgan fingerprint density at radius 3 is 2.28 bits per heavy atom. The molecule has 0 atom stereocenters. The van der Waals surface area contributed by atoms with Crippen LogP contribution in [0, 0.1) is 30.2 Å². The van der Waals surface area contributed by atoms with Gasteiger partial charge in [-0.1, -0.05) is 0 Å². The van der Waals surface area contributed by atoms with Gasteiger partial charge in [0.15, 0.2) is 11.6 Å². The van der Waals surface area contributed by atoms with Crippen LogP contribution in [0.25, 0.3) is 16.9 Å². The van der Waals surface area contributed by atoms with E-state index in [1.54, 1.807) is 6.92 Å². The van der Waals surface area contributed by atoms with E-state index in [-0.39, 0.29) is 28.7 Å². The number of aromatic nitrogens is 4. The summed E-state index contributed by atoms with van der Waals surface area (Å²) in [5.41, 5.74) is 12.1. The summed E-state index contributed by atoms with van der Waals surface area (Å²) in [7, 11) is 0. The van der Waals surface area contributed by atoms with Gasteiger partial charge in [0.2, 0.25) is 0 Å². The zero-order chi connectivity index (χ0) is 20.9. The van der Waals surface area contributed by atoms with E-state index in [0.29, 0.717) is 17.1 Å². The predicted octanol–water partition coefficient (Wildman–Crippen LogP) is 3.44. The first-order valence-corrected chi connectivity index (χ1v) is 8.45. The van der Waals surface area contributed by atoms with Crippen LogP contribution in [0.5, 0.6) is 0 Å². The molecule has 10 heteroatoms. The quantitative estimate of drug-likeness (QED) is 0.404. The van der Waals surface area contributed by atoms with E-state index >= 15 is 0 Å². The van der Waals surface area contributed by atoms with Crippen molar-refractivity contribution in [2.75, 3.05) is 11.5 Å².